The fraction of sp³-hybridized carbons (Fsp3) is 0.471. The largest absolute Gasteiger partial charge is 0.309 e. The van der Waals surface area contributed by atoms with Gasteiger partial charge in [0.1, 0.15) is 0 Å². The molecule has 3 rings (SSSR count). The van der Waals surface area contributed by atoms with E-state index in [1.165, 1.54) is 5.56 Å². The number of piperazine rings is 1. The Kier molecular flexibility index (Phi) is 3.83. The minimum atomic E-state index is 0.139. The first-order valence-corrected chi connectivity index (χ1v) is 7.56. The second-order valence-corrected chi connectivity index (χ2v) is 6.58. The average Bonchev–Trinajstić information content (AvgIpc) is 2.84. The van der Waals surface area contributed by atoms with Crippen molar-refractivity contribution >= 4 is 0 Å². The number of rotatable bonds is 3. The number of hydrogen-bond acceptors (Lipinski definition) is 3. The molecule has 112 valence electrons. The molecule has 4 nitrogen and oxygen atoms in total. The molecule has 21 heavy (non-hydrogen) atoms. The molecular weight excluding hydrogens is 260 g/mol. The lowest BCUT2D eigenvalue weighted by Crippen LogP contribution is -2.57. The molecule has 0 saturated carbocycles. The van der Waals surface area contributed by atoms with Crippen molar-refractivity contribution in [3.05, 3.63) is 53.9 Å². The molecule has 1 aromatic carbocycles. The fourth-order valence-corrected chi connectivity index (χ4v) is 3.10. The van der Waals surface area contributed by atoms with Crippen molar-refractivity contribution in [1.82, 2.24) is 20.0 Å². The lowest BCUT2D eigenvalue weighted by Gasteiger charge is -2.44. The second kappa shape index (κ2) is 5.62. The Bertz CT molecular complexity index is 588. The van der Waals surface area contributed by atoms with Crippen LogP contribution in [0.5, 0.6) is 0 Å². The summed E-state index contributed by atoms with van der Waals surface area (Å²) < 4.78 is 1.88. The first-order chi connectivity index (χ1) is 10.0. The molecular formula is C17H24N4. The molecule has 1 saturated heterocycles. The molecule has 1 N–H and O–H groups in total. The van der Waals surface area contributed by atoms with Gasteiger partial charge in [0.05, 0.1) is 5.69 Å². The third-order valence-corrected chi connectivity index (χ3v) is 4.13. The van der Waals surface area contributed by atoms with Gasteiger partial charge in [-0.05, 0) is 25.5 Å². The molecule has 1 aliphatic heterocycles. The normalized spacial score (nSPS) is 22.3. The summed E-state index contributed by atoms with van der Waals surface area (Å²) in [6, 6.07) is 13.3. The quantitative estimate of drug-likeness (QED) is 0.939. The number of nitrogens with one attached hydrogen (secondary N) is 1. The summed E-state index contributed by atoms with van der Waals surface area (Å²) in [4.78, 5) is 2.54. The van der Waals surface area contributed by atoms with Gasteiger partial charge in [-0.15, -0.1) is 0 Å². The molecule has 0 aliphatic carbocycles. The van der Waals surface area contributed by atoms with E-state index in [2.05, 4.69) is 65.6 Å². The topological polar surface area (TPSA) is 33.1 Å². The zero-order valence-electron chi connectivity index (χ0n) is 13.1. The highest BCUT2D eigenvalue weighted by molar-refractivity contribution is 5.21. The zero-order chi connectivity index (χ0) is 14.9. The van der Waals surface area contributed by atoms with E-state index in [9.17, 15) is 0 Å². The maximum absolute atomic E-state index is 4.54. The van der Waals surface area contributed by atoms with Gasteiger partial charge in [0.25, 0.3) is 0 Å². The van der Waals surface area contributed by atoms with Crippen LogP contribution in [-0.4, -0.2) is 33.3 Å². The SMILES string of the molecule is Cn1ccc(CN2CC(C)(C)NCC2c2ccccc2)n1. The molecule has 0 radical (unpaired) electrons. The van der Waals surface area contributed by atoms with Gasteiger partial charge in [-0.2, -0.15) is 5.10 Å². The third-order valence-electron chi connectivity index (χ3n) is 4.13. The van der Waals surface area contributed by atoms with Gasteiger partial charge in [0.2, 0.25) is 0 Å². The van der Waals surface area contributed by atoms with Gasteiger partial charge in [0, 0.05) is 44.5 Å². The van der Waals surface area contributed by atoms with E-state index in [0.717, 1.165) is 25.3 Å². The Morgan fingerprint density at radius 2 is 2.00 bits per heavy atom. The summed E-state index contributed by atoms with van der Waals surface area (Å²) in [7, 11) is 1.97. The van der Waals surface area contributed by atoms with Crippen LogP contribution in [0.1, 0.15) is 31.1 Å². The van der Waals surface area contributed by atoms with Crippen LogP contribution >= 0.6 is 0 Å². The summed E-state index contributed by atoms with van der Waals surface area (Å²) in [5.74, 6) is 0. The molecule has 0 spiro atoms. The first-order valence-electron chi connectivity index (χ1n) is 7.56. The van der Waals surface area contributed by atoms with Gasteiger partial charge < -0.3 is 5.32 Å². The summed E-state index contributed by atoms with van der Waals surface area (Å²) >= 11 is 0. The number of nitrogens with zero attached hydrogens (tertiary/aromatic N) is 3. The van der Waals surface area contributed by atoms with Crippen LogP contribution in [0.15, 0.2) is 42.6 Å². The Morgan fingerprint density at radius 1 is 1.24 bits per heavy atom. The van der Waals surface area contributed by atoms with Crippen LogP contribution in [0.25, 0.3) is 0 Å². The standard InChI is InChI=1S/C17H24N4/c1-17(2)13-21(12-15-9-10-20(3)19-15)16(11-18-17)14-7-5-4-6-8-14/h4-10,16,18H,11-13H2,1-3H3. The Balaban J connectivity index is 1.83. The van der Waals surface area contributed by atoms with Crippen molar-refractivity contribution in [2.24, 2.45) is 7.05 Å². The summed E-state index contributed by atoms with van der Waals surface area (Å²) in [5.41, 5.74) is 2.65. The number of hydrogen-bond donors (Lipinski definition) is 1. The summed E-state index contributed by atoms with van der Waals surface area (Å²) in [6.45, 7) is 7.41. The van der Waals surface area contributed by atoms with Crippen LogP contribution in [0, 0.1) is 0 Å². The molecule has 2 aromatic rings. The van der Waals surface area contributed by atoms with E-state index in [4.69, 9.17) is 0 Å². The van der Waals surface area contributed by atoms with E-state index < -0.39 is 0 Å². The lowest BCUT2D eigenvalue weighted by molar-refractivity contribution is 0.0866. The van der Waals surface area contributed by atoms with E-state index in [1.807, 2.05) is 17.9 Å². The number of benzene rings is 1. The predicted octanol–water partition coefficient (Wildman–Crippen LogP) is 2.35. The molecule has 1 atom stereocenters. The van der Waals surface area contributed by atoms with Gasteiger partial charge in [-0.1, -0.05) is 30.3 Å². The van der Waals surface area contributed by atoms with Crippen LogP contribution in [0.2, 0.25) is 0 Å². The smallest absolute Gasteiger partial charge is 0.0764 e. The minimum absolute atomic E-state index is 0.139. The van der Waals surface area contributed by atoms with Crippen molar-refractivity contribution in [1.29, 1.82) is 0 Å². The molecule has 1 unspecified atom stereocenters. The monoisotopic (exact) mass is 284 g/mol. The van der Waals surface area contributed by atoms with Crippen LogP contribution in [0.4, 0.5) is 0 Å². The molecule has 1 fully saturated rings. The van der Waals surface area contributed by atoms with Crippen molar-refractivity contribution in [3.63, 3.8) is 0 Å². The van der Waals surface area contributed by atoms with E-state index >= 15 is 0 Å². The number of aromatic nitrogens is 2. The molecule has 1 aromatic heterocycles. The minimum Gasteiger partial charge on any atom is -0.309 e. The zero-order valence-corrected chi connectivity index (χ0v) is 13.1. The van der Waals surface area contributed by atoms with E-state index in [-0.39, 0.29) is 5.54 Å². The van der Waals surface area contributed by atoms with Crippen molar-refractivity contribution in [2.45, 2.75) is 32.0 Å². The first kappa shape index (κ1) is 14.3. The molecule has 0 amide bonds. The molecule has 1 aliphatic rings. The highest BCUT2D eigenvalue weighted by Gasteiger charge is 2.33. The Labute approximate surface area is 126 Å². The van der Waals surface area contributed by atoms with Gasteiger partial charge >= 0.3 is 0 Å². The van der Waals surface area contributed by atoms with E-state index in [1.54, 1.807) is 0 Å². The van der Waals surface area contributed by atoms with Crippen LogP contribution < -0.4 is 5.32 Å². The highest BCUT2D eigenvalue weighted by Crippen LogP contribution is 2.28. The van der Waals surface area contributed by atoms with Crippen LogP contribution in [-0.2, 0) is 13.6 Å². The third kappa shape index (κ3) is 3.34. The maximum atomic E-state index is 4.54. The van der Waals surface area contributed by atoms with E-state index in [0.29, 0.717) is 6.04 Å². The summed E-state index contributed by atoms with van der Waals surface area (Å²) in [6.07, 6.45) is 2.01. The second-order valence-electron chi connectivity index (χ2n) is 6.58. The summed E-state index contributed by atoms with van der Waals surface area (Å²) in [5, 5.41) is 8.20. The maximum Gasteiger partial charge on any atom is 0.0764 e. The lowest BCUT2D eigenvalue weighted by atomic mass is 9.94. The van der Waals surface area contributed by atoms with Gasteiger partial charge in [-0.25, -0.2) is 0 Å². The highest BCUT2D eigenvalue weighted by atomic mass is 15.3. The molecule has 4 heteroatoms. The molecule has 2 heterocycles. The fourth-order valence-electron chi connectivity index (χ4n) is 3.10. The van der Waals surface area contributed by atoms with Crippen molar-refractivity contribution in [2.75, 3.05) is 13.1 Å². The Morgan fingerprint density at radius 3 is 2.67 bits per heavy atom. The van der Waals surface area contributed by atoms with Gasteiger partial charge in [0.15, 0.2) is 0 Å². The van der Waals surface area contributed by atoms with Crippen LogP contribution in [0.3, 0.4) is 0 Å². The Hall–Kier alpha value is -1.65. The molecule has 0 bridgehead atoms. The van der Waals surface area contributed by atoms with Gasteiger partial charge in [-0.3, -0.25) is 9.58 Å². The average molecular weight is 284 g/mol. The van der Waals surface area contributed by atoms with Crippen molar-refractivity contribution < 1.29 is 0 Å². The van der Waals surface area contributed by atoms with Crippen molar-refractivity contribution in [3.8, 4) is 0 Å². The number of aryl methyl sites for hydroxylation is 1. The predicted molar refractivity (Wildman–Crippen MR) is 84.9 cm³/mol.